The molecule has 1 unspecified atom stereocenters. The molecule has 0 aliphatic carbocycles. The Kier molecular flexibility index (Phi) is 4.68. The smallest absolute Gasteiger partial charge is 0.296 e. The number of nitrogens with one attached hydrogen (secondary N) is 1. The molecule has 0 saturated carbocycles. The molecule has 0 spiro atoms. The first-order valence-corrected chi connectivity index (χ1v) is 5.01. The highest BCUT2D eigenvalue weighted by molar-refractivity contribution is 5.69. The zero-order valence-corrected chi connectivity index (χ0v) is 9.29. The van der Waals surface area contributed by atoms with Crippen molar-refractivity contribution >= 4 is 11.4 Å². The number of nitro benzene ring substituents is 1. The molecule has 1 aromatic carbocycles. The van der Waals surface area contributed by atoms with Gasteiger partial charge in [0.15, 0.2) is 17.7 Å². The maximum atomic E-state index is 10.8. The van der Waals surface area contributed by atoms with Crippen LogP contribution in [-0.2, 0) is 0 Å². The molecule has 0 saturated heterocycles. The van der Waals surface area contributed by atoms with Gasteiger partial charge < -0.3 is 20.3 Å². The fourth-order valence-corrected chi connectivity index (χ4v) is 1.34. The van der Waals surface area contributed by atoms with Crippen LogP contribution in [0.5, 0.6) is 5.75 Å². The van der Waals surface area contributed by atoms with Crippen molar-refractivity contribution in [3.05, 3.63) is 28.3 Å². The number of aliphatic hydroxyl groups excluding tert-OH is 2. The second kappa shape index (κ2) is 6.02. The lowest BCUT2D eigenvalue weighted by atomic mass is 10.2. The van der Waals surface area contributed by atoms with Crippen molar-refractivity contribution in [2.75, 3.05) is 19.0 Å². The Morgan fingerprint density at radius 1 is 1.59 bits per heavy atom. The fourth-order valence-electron chi connectivity index (χ4n) is 1.34. The Labute approximate surface area is 97.8 Å². The van der Waals surface area contributed by atoms with Gasteiger partial charge in [0.05, 0.1) is 4.92 Å². The minimum atomic E-state index is -1.20. The van der Waals surface area contributed by atoms with E-state index in [9.17, 15) is 15.2 Å². The van der Waals surface area contributed by atoms with E-state index in [-0.39, 0.29) is 30.2 Å². The standard InChI is InChI=1S/C10H14N2O5/c1-11-10-7(12(15)16)3-2-4-8(10)17-9(14)5-6-13/h2-4,9,11,13-14H,5-6H2,1H3. The Balaban J connectivity index is 2.99. The molecule has 0 amide bonds. The van der Waals surface area contributed by atoms with E-state index in [0.717, 1.165) is 0 Å². The minimum absolute atomic E-state index is 0.0336. The Hall–Kier alpha value is -1.86. The van der Waals surface area contributed by atoms with Crippen molar-refractivity contribution < 1.29 is 19.9 Å². The van der Waals surface area contributed by atoms with E-state index in [4.69, 9.17) is 9.84 Å². The van der Waals surface area contributed by atoms with Crippen LogP contribution in [0, 0.1) is 10.1 Å². The van der Waals surface area contributed by atoms with Gasteiger partial charge in [0.25, 0.3) is 5.69 Å². The van der Waals surface area contributed by atoms with Crippen molar-refractivity contribution in [3.8, 4) is 5.75 Å². The summed E-state index contributed by atoms with van der Waals surface area (Å²) in [5, 5.41) is 31.4. The van der Waals surface area contributed by atoms with Crippen molar-refractivity contribution in [3.63, 3.8) is 0 Å². The summed E-state index contributed by atoms with van der Waals surface area (Å²) in [5.41, 5.74) is 0.0516. The van der Waals surface area contributed by atoms with Gasteiger partial charge in [0.1, 0.15) is 0 Å². The summed E-state index contributed by atoms with van der Waals surface area (Å²) in [6, 6.07) is 4.29. The zero-order valence-electron chi connectivity index (χ0n) is 9.29. The molecule has 0 heterocycles. The van der Waals surface area contributed by atoms with Crippen LogP contribution < -0.4 is 10.1 Å². The molecule has 3 N–H and O–H groups in total. The van der Waals surface area contributed by atoms with E-state index in [1.54, 1.807) is 0 Å². The second-order valence-electron chi connectivity index (χ2n) is 3.24. The number of para-hydroxylation sites is 1. The highest BCUT2D eigenvalue weighted by Crippen LogP contribution is 2.34. The largest absolute Gasteiger partial charge is 0.463 e. The predicted molar refractivity (Wildman–Crippen MR) is 61.0 cm³/mol. The molecule has 0 fully saturated rings. The van der Waals surface area contributed by atoms with Crippen LogP contribution in [0.2, 0.25) is 0 Å². The third-order valence-corrected chi connectivity index (χ3v) is 2.09. The Bertz CT molecular complexity index is 396. The van der Waals surface area contributed by atoms with Gasteiger partial charge >= 0.3 is 0 Å². The van der Waals surface area contributed by atoms with E-state index in [1.807, 2.05) is 0 Å². The zero-order chi connectivity index (χ0) is 12.8. The molecule has 0 aromatic heterocycles. The van der Waals surface area contributed by atoms with E-state index in [0.29, 0.717) is 0 Å². The van der Waals surface area contributed by atoms with Crippen LogP contribution in [0.4, 0.5) is 11.4 Å². The van der Waals surface area contributed by atoms with Crippen LogP contribution in [0.25, 0.3) is 0 Å². The predicted octanol–water partition coefficient (Wildman–Crippen LogP) is 0.716. The van der Waals surface area contributed by atoms with Crippen LogP contribution >= 0.6 is 0 Å². The molecular weight excluding hydrogens is 228 g/mol. The highest BCUT2D eigenvalue weighted by atomic mass is 16.6. The van der Waals surface area contributed by atoms with Crippen molar-refractivity contribution in [2.45, 2.75) is 12.7 Å². The molecule has 0 aliphatic rings. The highest BCUT2D eigenvalue weighted by Gasteiger charge is 2.18. The number of nitrogens with zero attached hydrogens (tertiary/aromatic N) is 1. The average Bonchev–Trinajstić information content (AvgIpc) is 2.28. The molecule has 1 rings (SSSR count). The molecule has 94 valence electrons. The van der Waals surface area contributed by atoms with Gasteiger partial charge in [-0.3, -0.25) is 10.1 Å². The first-order chi connectivity index (χ1) is 8.10. The lowest BCUT2D eigenvalue weighted by molar-refractivity contribution is -0.384. The van der Waals surface area contributed by atoms with Crippen molar-refractivity contribution in [1.29, 1.82) is 0 Å². The van der Waals surface area contributed by atoms with Gasteiger partial charge in [0.2, 0.25) is 0 Å². The molecular formula is C10H14N2O5. The van der Waals surface area contributed by atoms with Crippen LogP contribution in [0.1, 0.15) is 6.42 Å². The van der Waals surface area contributed by atoms with Gasteiger partial charge in [-0.25, -0.2) is 0 Å². The van der Waals surface area contributed by atoms with Crippen molar-refractivity contribution in [2.24, 2.45) is 0 Å². The quantitative estimate of drug-likeness (QED) is 0.385. The lowest BCUT2D eigenvalue weighted by Crippen LogP contribution is -2.17. The number of rotatable bonds is 6. The van der Waals surface area contributed by atoms with Gasteiger partial charge in [-0.2, -0.15) is 0 Å². The number of hydrogen-bond donors (Lipinski definition) is 3. The SMILES string of the molecule is CNc1c(OC(O)CCO)cccc1[N+](=O)[O-]. The summed E-state index contributed by atoms with van der Waals surface area (Å²) in [5.74, 6) is 0.169. The number of anilines is 1. The number of hydrogen-bond acceptors (Lipinski definition) is 6. The van der Waals surface area contributed by atoms with Gasteiger partial charge in [-0.05, 0) is 6.07 Å². The van der Waals surface area contributed by atoms with E-state index >= 15 is 0 Å². The normalized spacial score (nSPS) is 11.9. The molecule has 17 heavy (non-hydrogen) atoms. The Morgan fingerprint density at radius 3 is 2.82 bits per heavy atom. The summed E-state index contributed by atoms with van der Waals surface area (Å²) >= 11 is 0. The number of aliphatic hydroxyl groups is 2. The molecule has 7 nitrogen and oxygen atoms in total. The summed E-state index contributed by atoms with van der Waals surface area (Å²) in [6.07, 6.45) is -1.17. The summed E-state index contributed by atoms with van der Waals surface area (Å²) in [6.45, 7) is -0.231. The molecule has 0 bridgehead atoms. The molecule has 1 atom stereocenters. The maximum absolute atomic E-state index is 10.8. The van der Waals surface area contributed by atoms with E-state index < -0.39 is 11.2 Å². The first-order valence-electron chi connectivity index (χ1n) is 5.01. The molecule has 0 radical (unpaired) electrons. The number of benzene rings is 1. The van der Waals surface area contributed by atoms with E-state index in [1.165, 1.54) is 25.2 Å². The van der Waals surface area contributed by atoms with Gasteiger partial charge in [-0.15, -0.1) is 0 Å². The molecule has 0 aliphatic heterocycles. The summed E-state index contributed by atoms with van der Waals surface area (Å²) in [4.78, 5) is 10.2. The molecule has 1 aromatic rings. The third kappa shape index (κ3) is 3.30. The first kappa shape index (κ1) is 13.2. The monoisotopic (exact) mass is 242 g/mol. The fraction of sp³-hybridized carbons (Fsp3) is 0.400. The van der Waals surface area contributed by atoms with Gasteiger partial charge in [0, 0.05) is 26.1 Å². The van der Waals surface area contributed by atoms with Crippen LogP contribution in [0.15, 0.2) is 18.2 Å². The number of ether oxygens (including phenoxy) is 1. The summed E-state index contributed by atoms with van der Waals surface area (Å²) in [7, 11) is 1.52. The summed E-state index contributed by atoms with van der Waals surface area (Å²) < 4.78 is 5.10. The van der Waals surface area contributed by atoms with Crippen LogP contribution in [-0.4, -0.2) is 35.1 Å². The number of nitro groups is 1. The minimum Gasteiger partial charge on any atom is -0.463 e. The topological polar surface area (TPSA) is 105 Å². The molecule has 7 heteroatoms. The van der Waals surface area contributed by atoms with E-state index in [2.05, 4.69) is 5.32 Å². The van der Waals surface area contributed by atoms with Gasteiger partial charge in [-0.1, -0.05) is 6.07 Å². The second-order valence-corrected chi connectivity index (χ2v) is 3.24. The van der Waals surface area contributed by atoms with Crippen molar-refractivity contribution in [1.82, 2.24) is 0 Å². The third-order valence-electron chi connectivity index (χ3n) is 2.09. The Morgan fingerprint density at radius 2 is 2.29 bits per heavy atom. The van der Waals surface area contributed by atoms with Crippen LogP contribution in [0.3, 0.4) is 0 Å². The average molecular weight is 242 g/mol. The maximum Gasteiger partial charge on any atom is 0.296 e. The lowest BCUT2D eigenvalue weighted by Gasteiger charge is -2.15.